The topological polar surface area (TPSA) is 58.9 Å². The van der Waals surface area contributed by atoms with Crippen molar-refractivity contribution in [2.75, 3.05) is 0 Å². The van der Waals surface area contributed by atoms with Gasteiger partial charge in [-0.15, -0.1) is 0 Å². The Bertz CT molecular complexity index is 935. The summed E-state index contributed by atoms with van der Waals surface area (Å²) < 4.78 is 5.61. The van der Waals surface area contributed by atoms with E-state index in [0.29, 0.717) is 23.8 Å². The Hall–Kier alpha value is -2.17. The van der Waals surface area contributed by atoms with Crippen molar-refractivity contribution in [1.29, 1.82) is 0 Å². The predicted molar refractivity (Wildman–Crippen MR) is 106 cm³/mol. The molecule has 1 aliphatic carbocycles. The van der Waals surface area contributed by atoms with Gasteiger partial charge in [0, 0.05) is 10.6 Å². The Morgan fingerprint density at radius 3 is 2.59 bits per heavy atom. The highest BCUT2D eigenvalue weighted by Crippen LogP contribution is 2.39. The summed E-state index contributed by atoms with van der Waals surface area (Å²) in [6.45, 7) is 3.98. The SMILES string of the molecule is Cc1ccc(-c2ccc(Cl)cc2)c(C)c1C1=NC2(CCCCC2O)C(=O)O1. The van der Waals surface area contributed by atoms with E-state index in [9.17, 15) is 9.90 Å². The molecule has 2 unspecified atom stereocenters. The Balaban J connectivity index is 1.81. The van der Waals surface area contributed by atoms with Crippen LogP contribution in [0.4, 0.5) is 0 Å². The molecule has 0 saturated heterocycles. The predicted octanol–water partition coefficient (Wildman–Crippen LogP) is 4.60. The van der Waals surface area contributed by atoms with Crippen LogP contribution in [0.25, 0.3) is 11.1 Å². The third-order valence-corrected chi connectivity index (χ3v) is 5.98. The van der Waals surface area contributed by atoms with Crippen molar-refractivity contribution in [2.45, 2.75) is 51.2 Å². The number of esters is 1. The second-order valence-electron chi connectivity index (χ2n) is 7.43. The number of cyclic esters (lactones) is 1. The second-order valence-corrected chi connectivity index (χ2v) is 7.87. The smallest absolute Gasteiger partial charge is 0.343 e. The number of hydrogen-bond donors (Lipinski definition) is 1. The molecule has 0 bridgehead atoms. The summed E-state index contributed by atoms with van der Waals surface area (Å²) in [6, 6.07) is 11.7. The van der Waals surface area contributed by atoms with Gasteiger partial charge in [0.05, 0.1) is 6.10 Å². The van der Waals surface area contributed by atoms with Crippen LogP contribution in [0, 0.1) is 13.8 Å². The molecular weight excluding hydrogens is 362 g/mol. The molecule has 27 heavy (non-hydrogen) atoms. The minimum Gasteiger partial charge on any atom is -0.405 e. The van der Waals surface area contributed by atoms with Gasteiger partial charge in [-0.3, -0.25) is 0 Å². The van der Waals surface area contributed by atoms with Crippen LogP contribution in [0.5, 0.6) is 0 Å². The molecule has 1 fully saturated rings. The van der Waals surface area contributed by atoms with Crippen LogP contribution in [0.3, 0.4) is 0 Å². The molecule has 0 amide bonds. The molecule has 4 nitrogen and oxygen atoms in total. The molecule has 4 rings (SSSR count). The van der Waals surface area contributed by atoms with Gasteiger partial charge in [-0.25, -0.2) is 9.79 Å². The number of rotatable bonds is 2. The van der Waals surface area contributed by atoms with Gasteiger partial charge in [0.1, 0.15) is 0 Å². The van der Waals surface area contributed by atoms with E-state index in [0.717, 1.165) is 40.7 Å². The fourth-order valence-electron chi connectivity index (χ4n) is 4.16. The van der Waals surface area contributed by atoms with Crippen molar-refractivity contribution in [3.05, 3.63) is 58.1 Å². The molecule has 2 aromatic carbocycles. The highest BCUT2D eigenvalue weighted by atomic mass is 35.5. The number of hydrogen-bond acceptors (Lipinski definition) is 4. The molecule has 0 aromatic heterocycles. The summed E-state index contributed by atoms with van der Waals surface area (Å²) in [7, 11) is 0. The van der Waals surface area contributed by atoms with Crippen LogP contribution in [0.2, 0.25) is 5.02 Å². The Labute approximate surface area is 163 Å². The summed E-state index contributed by atoms with van der Waals surface area (Å²) >= 11 is 6.01. The highest BCUT2D eigenvalue weighted by molar-refractivity contribution is 6.30. The van der Waals surface area contributed by atoms with Crippen LogP contribution in [0.15, 0.2) is 41.4 Å². The summed E-state index contributed by atoms with van der Waals surface area (Å²) in [4.78, 5) is 17.3. The third kappa shape index (κ3) is 2.97. The lowest BCUT2D eigenvalue weighted by Gasteiger charge is -2.31. The van der Waals surface area contributed by atoms with E-state index in [-0.39, 0.29) is 0 Å². The lowest BCUT2D eigenvalue weighted by Crippen LogP contribution is -2.48. The first-order valence-corrected chi connectivity index (χ1v) is 9.67. The Morgan fingerprint density at radius 2 is 1.89 bits per heavy atom. The number of carbonyl (C=O) groups excluding carboxylic acids is 1. The zero-order valence-electron chi connectivity index (χ0n) is 15.5. The molecule has 1 N–H and O–H groups in total. The van der Waals surface area contributed by atoms with E-state index in [1.165, 1.54) is 0 Å². The third-order valence-electron chi connectivity index (χ3n) is 5.72. The zero-order chi connectivity index (χ0) is 19.2. The average molecular weight is 384 g/mol. The van der Waals surface area contributed by atoms with Gasteiger partial charge in [0.25, 0.3) is 0 Å². The molecule has 2 atom stereocenters. The van der Waals surface area contributed by atoms with E-state index in [1.807, 2.05) is 44.2 Å². The highest BCUT2D eigenvalue weighted by Gasteiger charge is 2.53. The molecule has 1 spiro atoms. The largest absolute Gasteiger partial charge is 0.405 e. The Kier molecular flexibility index (Phi) is 4.57. The lowest BCUT2D eigenvalue weighted by molar-refractivity contribution is -0.144. The standard InChI is InChI=1S/C22H22ClNO3/c1-13-6-11-17(15-7-9-16(23)10-8-15)14(2)19(13)20-24-22(21(26)27-20)12-4-3-5-18(22)25/h6-11,18,25H,3-5,12H2,1-2H3. The first-order valence-electron chi connectivity index (χ1n) is 9.29. The van der Waals surface area contributed by atoms with Gasteiger partial charge in [-0.1, -0.05) is 48.7 Å². The van der Waals surface area contributed by atoms with Gasteiger partial charge in [0.15, 0.2) is 5.54 Å². The van der Waals surface area contributed by atoms with Crippen molar-refractivity contribution in [2.24, 2.45) is 4.99 Å². The van der Waals surface area contributed by atoms with Crippen molar-refractivity contribution < 1.29 is 14.6 Å². The number of ether oxygens (including phenoxy) is 1. The first kappa shape index (κ1) is 18.2. The van der Waals surface area contributed by atoms with E-state index < -0.39 is 17.6 Å². The molecule has 5 heteroatoms. The van der Waals surface area contributed by atoms with Gasteiger partial charge in [0.2, 0.25) is 5.90 Å². The van der Waals surface area contributed by atoms with Crippen LogP contribution in [-0.2, 0) is 9.53 Å². The number of aliphatic imine (C=N–C) groups is 1. The maximum atomic E-state index is 12.6. The summed E-state index contributed by atoms with van der Waals surface area (Å²) in [6.07, 6.45) is 2.10. The normalized spacial score (nSPS) is 24.8. The number of carbonyl (C=O) groups is 1. The van der Waals surface area contributed by atoms with E-state index in [4.69, 9.17) is 16.3 Å². The molecule has 1 heterocycles. The van der Waals surface area contributed by atoms with Crippen LogP contribution in [0.1, 0.15) is 42.4 Å². The number of aliphatic hydroxyl groups is 1. The van der Waals surface area contributed by atoms with Gasteiger partial charge < -0.3 is 9.84 Å². The fourth-order valence-corrected chi connectivity index (χ4v) is 4.28. The van der Waals surface area contributed by atoms with Crippen molar-refractivity contribution >= 4 is 23.5 Å². The van der Waals surface area contributed by atoms with Gasteiger partial charge >= 0.3 is 5.97 Å². The van der Waals surface area contributed by atoms with Crippen molar-refractivity contribution in [1.82, 2.24) is 0 Å². The van der Waals surface area contributed by atoms with E-state index in [2.05, 4.69) is 11.1 Å². The van der Waals surface area contributed by atoms with Crippen LogP contribution in [-0.4, -0.2) is 28.6 Å². The molecule has 2 aliphatic rings. The van der Waals surface area contributed by atoms with E-state index in [1.54, 1.807) is 0 Å². The number of aliphatic hydroxyl groups excluding tert-OH is 1. The molecular formula is C22H22ClNO3. The zero-order valence-corrected chi connectivity index (χ0v) is 16.2. The number of halogens is 1. The molecule has 1 saturated carbocycles. The first-order chi connectivity index (χ1) is 12.9. The fraction of sp³-hybridized carbons (Fsp3) is 0.364. The van der Waals surface area contributed by atoms with Crippen molar-refractivity contribution in [3.63, 3.8) is 0 Å². The minimum absolute atomic E-state index is 0.326. The van der Waals surface area contributed by atoms with Crippen molar-refractivity contribution in [3.8, 4) is 11.1 Å². The quantitative estimate of drug-likeness (QED) is 0.771. The molecule has 1 aliphatic heterocycles. The average Bonchev–Trinajstić information content (AvgIpc) is 2.96. The number of aryl methyl sites for hydroxylation is 1. The number of nitrogens with zero attached hydrogens (tertiary/aromatic N) is 1. The summed E-state index contributed by atoms with van der Waals surface area (Å²) in [5, 5.41) is 11.2. The Morgan fingerprint density at radius 1 is 1.15 bits per heavy atom. The maximum Gasteiger partial charge on any atom is 0.343 e. The minimum atomic E-state index is -1.14. The molecule has 140 valence electrons. The van der Waals surface area contributed by atoms with E-state index >= 15 is 0 Å². The van der Waals surface area contributed by atoms with Gasteiger partial charge in [-0.05, 0) is 61.1 Å². The maximum absolute atomic E-state index is 12.6. The summed E-state index contributed by atoms with van der Waals surface area (Å²) in [5.74, 6) is -0.104. The molecule has 0 radical (unpaired) electrons. The number of benzene rings is 2. The van der Waals surface area contributed by atoms with Crippen LogP contribution >= 0.6 is 11.6 Å². The van der Waals surface area contributed by atoms with Crippen LogP contribution < -0.4 is 0 Å². The summed E-state index contributed by atoms with van der Waals surface area (Å²) in [5.41, 5.74) is 3.74. The monoisotopic (exact) mass is 383 g/mol. The second kappa shape index (κ2) is 6.77. The lowest BCUT2D eigenvalue weighted by atomic mass is 9.80. The molecule has 2 aromatic rings. The van der Waals surface area contributed by atoms with Gasteiger partial charge in [-0.2, -0.15) is 0 Å².